The van der Waals surface area contributed by atoms with Gasteiger partial charge in [0.2, 0.25) is 0 Å². The van der Waals surface area contributed by atoms with Crippen molar-refractivity contribution in [3.05, 3.63) is 29.6 Å². The van der Waals surface area contributed by atoms with E-state index in [2.05, 4.69) is 12.2 Å². The van der Waals surface area contributed by atoms with Crippen LogP contribution >= 0.6 is 0 Å². The Kier molecular flexibility index (Phi) is 2.42. The van der Waals surface area contributed by atoms with E-state index in [0.29, 0.717) is 18.5 Å². The van der Waals surface area contributed by atoms with Crippen molar-refractivity contribution in [3.63, 3.8) is 0 Å². The van der Waals surface area contributed by atoms with Gasteiger partial charge in [0, 0.05) is 17.6 Å². The lowest BCUT2D eigenvalue weighted by molar-refractivity contribution is 0.556. The summed E-state index contributed by atoms with van der Waals surface area (Å²) in [5, 5.41) is 3.27. The van der Waals surface area contributed by atoms with Crippen LogP contribution in [0.3, 0.4) is 0 Å². The SMILES string of the molecule is CC1CC(CN)c2ccc(F)cc2N1. The van der Waals surface area contributed by atoms with Crippen LogP contribution < -0.4 is 11.1 Å². The quantitative estimate of drug-likeness (QED) is 0.718. The molecule has 2 nitrogen and oxygen atoms in total. The van der Waals surface area contributed by atoms with E-state index in [0.717, 1.165) is 17.7 Å². The molecule has 76 valence electrons. The standard InChI is InChI=1S/C11H15FN2/c1-7-4-8(6-13)10-3-2-9(12)5-11(10)14-7/h2-3,5,7-8,14H,4,6,13H2,1H3. The molecule has 1 aromatic carbocycles. The Morgan fingerprint density at radius 1 is 1.57 bits per heavy atom. The van der Waals surface area contributed by atoms with Crippen molar-refractivity contribution in [1.82, 2.24) is 0 Å². The van der Waals surface area contributed by atoms with Crippen molar-refractivity contribution in [3.8, 4) is 0 Å². The van der Waals surface area contributed by atoms with Gasteiger partial charge in [-0.15, -0.1) is 0 Å². The van der Waals surface area contributed by atoms with Crippen LogP contribution in [0.5, 0.6) is 0 Å². The maximum atomic E-state index is 13.0. The van der Waals surface area contributed by atoms with Gasteiger partial charge in [-0.2, -0.15) is 0 Å². The van der Waals surface area contributed by atoms with E-state index < -0.39 is 0 Å². The number of halogens is 1. The molecular formula is C11H15FN2. The maximum Gasteiger partial charge on any atom is 0.125 e. The third-order valence-electron chi connectivity index (χ3n) is 2.78. The molecule has 0 aromatic heterocycles. The zero-order chi connectivity index (χ0) is 10.1. The van der Waals surface area contributed by atoms with Crippen molar-refractivity contribution in [2.75, 3.05) is 11.9 Å². The molecule has 2 unspecified atom stereocenters. The highest BCUT2D eigenvalue weighted by molar-refractivity contribution is 5.56. The lowest BCUT2D eigenvalue weighted by Crippen LogP contribution is -2.29. The Labute approximate surface area is 83.3 Å². The number of hydrogen-bond donors (Lipinski definition) is 2. The van der Waals surface area contributed by atoms with Gasteiger partial charge < -0.3 is 11.1 Å². The Hall–Kier alpha value is -1.09. The molecule has 0 fully saturated rings. The van der Waals surface area contributed by atoms with Crippen molar-refractivity contribution in [2.24, 2.45) is 5.73 Å². The van der Waals surface area contributed by atoms with E-state index >= 15 is 0 Å². The first-order valence-electron chi connectivity index (χ1n) is 4.96. The summed E-state index contributed by atoms with van der Waals surface area (Å²) in [6.45, 7) is 2.72. The van der Waals surface area contributed by atoms with E-state index in [1.54, 1.807) is 6.07 Å². The molecule has 0 bridgehead atoms. The van der Waals surface area contributed by atoms with Gasteiger partial charge in [0.25, 0.3) is 0 Å². The first-order chi connectivity index (χ1) is 6.70. The highest BCUT2D eigenvalue weighted by Crippen LogP contribution is 2.33. The predicted octanol–water partition coefficient (Wildman–Crippen LogP) is 2.07. The number of anilines is 1. The minimum atomic E-state index is -0.193. The summed E-state index contributed by atoms with van der Waals surface area (Å²) in [4.78, 5) is 0. The molecule has 14 heavy (non-hydrogen) atoms. The molecule has 0 saturated heterocycles. The summed E-state index contributed by atoms with van der Waals surface area (Å²) < 4.78 is 13.0. The van der Waals surface area contributed by atoms with Crippen LogP contribution in [0.2, 0.25) is 0 Å². The number of hydrogen-bond acceptors (Lipinski definition) is 2. The van der Waals surface area contributed by atoms with Crippen molar-refractivity contribution in [1.29, 1.82) is 0 Å². The van der Waals surface area contributed by atoms with Crippen LogP contribution in [-0.4, -0.2) is 12.6 Å². The number of benzene rings is 1. The molecule has 0 amide bonds. The van der Waals surface area contributed by atoms with Crippen LogP contribution in [-0.2, 0) is 0 Å². The Bertz CT molecular complexity index is 338. The molecule has 1 aliphatic heterocycles. The largest absolute Gasteiger partial charge is 0.382 e. The Balaban J connectivity index is 2.40. The van der Waals surface area contributed by atoms with Crippen LogP contribution in [0.1, 0.15) is 24.8 Å². The third-order valence-corrected chi connectivity index (χ3v) is 2.78. The van der Waals surface area contributed by atoms with Crippen LogP contribution in [0.4, 0.5) is 10.1 Å². The molecule has 3 N–H and O–H groups in total. The van der Waals surface area contributed by atoms with E-state index in [1.165, 1.54) is 6.07 Å². The van der Waals surface area contributed by atoms with E-state index in [9.17, 15) is 4.39 Å². The number of fused-ring (bicyclic) bond motifs is 1. The average molecular weight is 194 g/mol. The highest BCUT2D eigenvalue weighted by Gasteiger charge is 2.22. The van der Waals surface area contributed by atoms with Gasteiger partial charge >= 0.3 is 0 Å². The first kappa shape index (κ1) is 9.46. The summed E-state index contributed by atoms with van der Waals surface area (Å²) in [6, 6.07) is 5.26. The van der Waals surface area contributed by atoms with Crippen molar-refractivity contribution in [2.45, 2.75) is 25.3 Å². The highest BCUT2D eigenvalue weighted by atomic mass is 19.1. The molecule has 1 heterocycles. The molecular weight excluding hydrogens is 179 g/mol. The zero-order valence-corrected chi connectivity index (χ0v) is 8.26. The fraction of sp³-hybridized carbons (Fsp3) is 0.455. The topological polar surface area (TPSA) is 38.0 Å². The Morgan fingerprint density at radius 2 is 2.36 bits per heavy atom. The summed E-state index contributed by atoms with van der Waals surface area (Å²) in [6.07, 6.45) is 1.02. The van der Waals surface area contributed by atoms with E-state index in [-0.39, 0.29) is 5.82 Å². The van der Waals surface area contributed by atoms with Gasteiger partial charge in [0.1, 0.15) is 5.82 Å². The molecule has 1 aliphatic rings. The molecule has 0 aliphatic carbocycles. The molecule has 3 heteroatoms. The molecule has 0 spiro atoms. The lowest BCUT2D eigenvalue weighted by atomic mass is 9.87. The lowest BCUT2D eigenvalue weighted by Gasteiger charge is -2.30. The van der Waals surface area contributed by atoms with Crippen LogP contribution in [0, 0.1) is 5.82 Å². The van der Waals surface area contributed by atoms with E-state index in [4.69, 9.17) is 5.73 Å². The molecule has 2 rings (SSSR count). The second-order valence-corrected chi connectivity index (χ2v) is 3.95. The number of nitrogens with two attached hydrogens (primary N) is 1. The smallest absolute Gasteiger partial charge is 0.125 e. The van der Waals surface area contributed by atoms with Crippen LogP contribution in [0.25, 0.3) is 0 Å². The normalized spacial score (nSPS) is 25.4. The predicted molar refractivity (Wildman–Crippen MR) is 55.9 cm³/mol. The minimum absolute atomic E-state index is 0.193. The van der Waals surface area contributed by atoms with Gasteiger partial charge in [-0.3, -0.25) is 0 Å². The van der Waals surface area contributed by atoms with Crippen LogP contribution in [0.15, 0.2) is 18.2 Å². The summed E-state index contributed by atoms with van der Waals surface area (Å²) in [7, 11) is 0. The average Bonchev–Trinajstić information content (AvgIpc) is 2.15. The zero-order valence-electron chi connectivity index (χ0n) is 8.26. The van der Waals surface area contributed by atoms with E-state index in [1.807, 2.05) is 6.07 Å². The van der Waals surface area contributed by atoms with Gasteiger partial charge in [-0.1, -0.05) is 6.07 Å². The monoisotopic (exact) mass is 194 g/mol. The summed E-state index contributed by atoms with van der Waals surface area (Å²) in [5.74, 6) is 0.169. The fourth-order valence-corrected chi connectivity index (χ4v) is 2.11. The second-order valence-electron chi connectivity index (χ2n) is 3.95. The van der Waals surface area contributed by atoms with Gasteiger partial charge in [-0.05, 0) is 37.6 Å². The Morgan fingerprint density at radius 3 is 3.07 bits per heavy atom. The summed E-state index contributed by atoms with van der Waals surface area (Å²) >= 11 is 0. The summed E-state index contributed by atoms with van der Waals surface area (Å²) in [5.41, 5.74) is 7.74. The van der Waals surface area contributed by atoms with Crippen molar-refractivity contribution >= 4 is 5.69 Å². The molecule has 0 radical (unpaired) electrons. The molecule has 2 atom stereocenters. The van der Waals surface area contributed by atoms with Gasteiger partial charge in [0.15, 0.2) is 0 Å². The van der Waals surface area contributed by atoms with Crippen molar-refractivity contribution < 1.29 is 4.39 Å². The fourth-order valence-electron chi connectivity index (χ4n) is 2.11. The van der Waals surface area contributed by atoms with Gasteiger partial charge in [-0.25, -0.2) is 4.39 Å². The minimum Gasteiger partial charge on any atom is -0.382 e. The maximum absolute atomic E-state index is 13.0. The second kappa shape index (κ2) is 3.58. The molecule has 1 aromatic rings. The third kappa shape index (κ3) is 1.60. The number of rotatable bonds is 1. The van der Waals surface area contributed by atoms with Gasteiger partial charge in [0.05, 0.1) is 0 Å². The first-order valence-corrected chi connectivity index (χ1v) is 4.96. The molecule has 0 saturated carbocycles. The number of nitrogens with one attached hydrogen (secondary N) is 1.